The molecule has 0 fully saturated rings. The smallest absolute Gasteiger partial charge is 0.240 e. The Morgan fingerprint density at radius 3 is 2.23 bits per heavy atom. The first kappa shape index (κ1) is 25.1. The second-order valence-corrected chi connectivity index (χ2v) is 12.5. The van der Waals surface area contributed by atoms with Crippen LogP contribution in [0.2, 0.25) is 5.28 Å². The van der Waals surface area contributed by atoms with Crippen LogP contribution in [0.3, 0.4) is 0 Å². The van der Waals surface area contributed by atoms with Crippen LogP contribution in [0.15, 0.2) is 70.7 Å². The minimum atomic E-state index is -4.87. The summed E-state index contributed by atoms with van der Waals surface area (Å²) in [7, 11) is -8.15. The SMILES string of the molecule is CC(C)S(=O)(=O)c1ccc2c(-c3nc(Cl)ncc3C(F)(F)F)cn(S(=O)(=O)c3ccccc3)c2c1. The Morgan fingerprint density at radius 2 is 1.63 bits per heavy atom. The molecule has 0 radical (unpaired) electrons. The number of aromatic nitrogens is 3. The molecule has 0 bridgehead atoms. The number of nitrogens with zero attached hydrogens (tertiary/aromatic N) is 3. The normalized spacial score (nSPS) is 13.0. The molecule has 2 heterocycles. The Balaban J connectivity index is 2.12. The molecule has 7 nitrogen and oxygen atoms in total. The van der Waals surface area contributed by atoms with E-state index in [0.717, 1.165) is 16.2 Å². The molecule has 13 heteroatoms. The molecule has 35 heavy (non-hydrogen) atoms. The number of halogens is 4. The molecule has 2 aromatic carbocycles. The van der Waals surface area contributed by atoms with Gasteiger partial charge in [-0.1, -0.05) is 24.3 Å². The fourth-order valence-corrected chi connectivity index (χ4v) is 6.09. The molecule has 0 aliphatic carbocycles. The van der Waals surface area contributed by atoms with Crippen LogP contribution in [0.25, 0.3) is 22.2 Å². The molecule has 0 aliphatic heterocycles. The highest BCUT2D eigenvalue weighted by Crippen LogP contribution is 2.40. The summed E-state index contributed by atoms with van der Waals surface area (Å²) in [6, 6.07) is 10.8. The molecular formula is C22H17ClF3N3O4S2. The maximum atomic E-state index is 13.8. The molecule has 0 spiro atoms. The summed E-state index contributed by atoms with van der Waals surface area (Å²) in [5, 5.41) is -1.25. The Hall–Kier alpha value is -2.96. The van der Waals surface area contributed by atoms with E-state index in [1.54, 1.807) is 6.07 Å². The van der Waals surface area contributed by atoms with Crippen LogP contribution in [0.4, 0.5) is 13.2 Å². The number of hydrogen-bond donors (Lipinski definition) is 0. The van der Waals surface area contributed by atoms with Crippen molar-refractivity contribution in [3.63, 3.8) is 0 Å². The van der Waals surface area contributed by atoms with Gasteiger partial charge in [-0.2, -0.15) is 13.2 Å². The van der Waals surface area contributed by atoms with Crippen molar-refractivity contribution in [2.75, 3.05) is 0 Å². The topological polar surface area (TPSA) is 99.0 Å². The van der Waals surface area contributed by atoms with E-state index in [1.165, 1.54) is 50.2 Å². The minimum Gasteiger partial charge on any atom is -0.240 e. The van der Waals surface area contributed by atoms with Crippen molar-refractivity contribution in [2.45, 2.75) is 35.1 Å². The summed E-state index contributed by atoms with van der Waals surface area (Å²) in [5.74, 6) is 0. The summed E-state index contributed by atoms with van der Waals surface area (Å²) in [6.07, 6.45) is -3.38. The second-order valence-electron chi connectivity index (χ2n) is 7.83. The second kappa shape index (κ2) is 8.61. The van der Waals surface area contributed by atoms with E-state index in [0.29, 0.717) is 6.20 Å². The van der Waals surface area contributed by atoms with E-state index in [-0.39, 0.29) is 26.3 Å². The van der Waals surface area contributed by atoms with Crippen LogP contribution in [-0.4, -0.2) is 36.0 Å². The van der Waals surface area contributed by atoms with Crippen molar-refractivity contribution in [1.29, 1.82) is 0 Å². The van der Waals surface area contributed by atoms with Crippen molar-refractivity contribution < 1.29 is 30.0 Å². The first-order valence-electron chi connectivity index (χ1n) is 10.0. The summed E-state index contributed by atoms with van der Waals surface area (Å²) < 4.78 is 94.5. The predicted molar refractivity (Wildman–Crippen MR) is 124 cm³/mol. The molecule has 0 amide bonds. The Bertz CT molecular complexity index is 1650. The average Bonchev–Trinajstić information content (AvgIpc) is 3.18. The molecule has 0 aliphatic rings. The van der Waals surface area contributed by atoms with Gasteiger partial charge in [-0.05, 0) is 49.7 Å². The van der Waals surface area contributed by atoms with Crippen molar-refractivity contribution in [3.8, 4) is 11.3 Å². The number of benzene rings is 2. The molecule has 0 unspecified atom stereocenters. The molecule has 0 saturated carbocycles. The number of sulfone groups is 1. The van der Waals surface area contributed by atoms with E-state index >= 15 is 0 Å². The van der Waals surface area contributed by atoms with Gasteiger partial charge in [0.15, 0.2) is 9.84 Å². The van der Waals surface area contributed by atoms with Gasteiger partial charge in [0.05, 0.1) is 26.3 Å². The highest BCUT2D eigenvalue weighted by atomic mass is 35.5. The summed E-state index contributed by atoms with van der Waals surface area (Å²) >= 11 is 5.79. The van der Waals surface area contributed by atoms with Gasteiger partial charge in [0, 0.05) is 23.3 Å². The Morgan fingerprint density at radius 1 is 0.971 bits per heavy atom. The zero-order valence-corrected chi connectivity index (χ0v) is 20.5. The highest BCUT2D eigenvalue weighted by Gasteiger charge is 2.37. The number of hydrogen-bond acceptors (Lipinski definition) is 6. The fraction of sp³-hybridized carbons (Fsp3) is 0.182. The zero-order chi connectivity index (χ0) is 25.8. The lowest BCUT2D eigenvalue weighted by atomic mass is 10.1. The van der Waals surface area contributed by atoms with Crippen LogP contribution < -0.4 is 0 Å². The van der Waals surface area contributed by atoms with Gasteiger partial charge in [-0.3, -0.25) is 0 Å². The Kier molecular flexibility index (Phi) is 6.18. The first-order chi connectivity index (χ1) is 16.2. The van der Waals surface area contributed by atoms with Crippen LogP contribution in [0, 0.1) is 0 Å². The molecule has 2 aromatic heterocycles. The van der Waals surface area contributed by atoms with Gasteiger partial charge < -0.3 is 0 Å². The minimum absolute atomic E-state index is 0.0347. The first-order valence-corrected chi connectivity index (χ1v) is 13.4. The lowest BCUT2D eigenvalue weighted by Crippen LogP contribution is -2.15. The lowest BCUT2D eigenvalue weighted by Gasteiger charge is -2.11. The summed E-state index contributed by atoms with van der Waals surface area (Å²) in [6.45, 7) is 2.92. The summed E-state index contributed by atoms with van der Waals surface area (Å²) in [4.78, 5) is 6.83. The third kappa shape index (κ3) is 4.41. The average molecular weight is 544 g/mol. The zero-order valence-electron chi connectivity index (χ0n) is 18.2. The van der Waals surface area contributed by atoms with Gasteiger partial charge in [0.25, 0.3) is 10.0 Å². The van der Waals surface area contributed by atoms with Gasteiger partial charge in [0.2, 0.25) is 5.28 Å². The monoisotopic (exact) mass is 543 g/mol. The standard InChI is InChI=1S/C22H17ClF3N3O4S2/c1-13(2)34(30,31)15-8-9-16-17(20-18(22(24,25)26)11-27-21(23)28-20)12-29(19(16)10-15)35(32,33)14-6-4-3-5-7-14/h3-13H,1-2H3. The number of fused-ring (bicyclic) bond motifs is 1. The van der Waals surface area contributed by atoms with E-state index in [1.807, 2.05) is 0 Å². The fourth-order valence-electron chi connectivity index (χ4n) is 3.49. The maximum Gasteiger partial charge on any atom is 0.419 e. The third-order valence-corrected chi connectivity index (χ3v) is 9.33. The van der Waals surface area contributed by atoms with Crippen LogP contribution >= 0.6 is 11.6 Å². The molecule has 184 valence electrons. The number of alkyl halides is 3. The van der Waals surface area contributed by atoms with E-state index in [9.17, 15) is 30.0 Å². The van der Waals surface area contributed by atoms with Crippen molar-refractivity contribution in [3.05, 3.63) is 71.8 Å². The molecule has 0 atom stereocenters. The van der Waals surface area contributed by atoms with Gasteiger partial charge in [0.1, 0.15) is 5.56 Å². The van der Waals surface area contributed by atoms with Crippen molar-refractivity contribution in [2.24, 2.45) is 0 Å². The van der Waals surface area contributed by atoms with E-state index < -0.39 is 47.8 Å². The van der Waals surface area contributed by atoms with E-state index in [4.69, 9.17) is 11.6 Å². The molecular weight excluding hydrogens is 527 g/mol. The lowest BCUT2D eigenvalue weighted by molar-refractivity contribution is -0.137. The predicted octanol–water partition coefficient (Wildman–Crippen LogP) is 5.19. The molecule has 0 saturated heterocycles. The van der Waals surface area contributed by atoms with Crippen LogP contribution in [-0.2, 0) is 26.0 Å². The maximum absolute atomic E-state index is 13.8. The van der Waals surface area contributed by atoms with Crippen molar-refractivity contribution >= 4 is 42.4 Å². The van der Waals surface area contributed by atoms with Gasteiger partial charge >= 0.3 is 6.18 Å². The molecule has 0 N–H and O–H groups in total. The molecule has 4 aromatic rings. The van der Waals surface area contributed by atoms with Crippen molar-refractivity contribution in [1.82, 2.24) is 13.9 Å². The van der Waals surface area contributed by atoms with Gasteiger partial charge in [-0.25, -0.2) is 30.8 Å². The van der Waals surface area contributed by atoms with Crippen LogP contribution in [0.1, 0.15) is 19.4 Å². The van der Waals surface area contributed by atoms with Gasteiger partial charge in [-0.15, -0.1) is 0 Å². The highest BCUT2D eigenvalue weighted by molar-refractivity contribution is 7.92. The largest absolute Gasteiger partial charge is 0.419 e. The van der Waals surface area contributed by atoms with Crippen LogP contribution in [0.5, 0.6) is 0 Å². The molecule has 4 rings (SSSR count). The van der Waals surface area contributed by atoms with E-state index in [2.05, 4.69) is 9.97 Å². The third-order valence-electron chi connectivity index (χ3n) is 5.31. The quantitative estimate of drug-likeness (QED) is 0.321. The number of rotatable bonds is 5. The summed E-state index contributed by atoms with van der Waals surface area (Å²) in [5.41, 5.74) is -2.20. The Labute approximate surface area is 204 Å².